The van der Waals surface area contributed by atoms with E-state index in [1.54, 1.807) is 30.3 Å². The quantitative estimate of drug-likeness (QED) is 0.482. The maximum absolute atomic E-state index is 11.7. The van der Waals surface area contributed by atoms with Crippen molar-refractivity contribution < 1.29 is 14.3 Å². The number of aromatic nitrogens is 1. The van der Waals surface area contributed by atoms with Gasteiger partial charge in [-0.1, -0.05) is 11.6 Å². The van der Waals surface area contributed by atoms with Crippen LogP contribution in [0.5, 0.6) is 5.75 Å². The molecule has 1 heterocycles. The Morgan fingerprint density at radius 1 is 1.19 bits per heavy atom. The second-order valence-electron chi connectivity index (χ2n) is 3.99. The van der Waals surface area contributed by atoms with Gasteiger partial charge in [-0.3, -0.25) is 0 Å². The molecule has 0 saturated carbocycles. The van der Waals surface area contributed by atoms with Crippen LogP contribution in [0.3, 0.4) is 0 Å². The predicted octanol–water partition coefficient (Wildman–Crippen LogP) is 2.84. The Kier molecular flexibility index (Phi) is 5.13. The summed E-state index contributed by atoms with van der Waals surface area (Å²) in [5.74, 6) is 0.126. The second kappa shape index (κ2) is 7.27. The average Bonchev–Trinajstić information content (AvgIpc) is 2.52. The zero-order valence-electron chi connectivity index (χ0n) is 11.0. The SMILES string of the molecule is N#Cc1ccc(OCCOC(=O)c2ccc(Cl)nc2)cc1. The number of carbonyl (C=O) groups is 1. The second-order valence-corrected chi connectivity index (χ2v) is 4.38. The fourth-order valence-corrected chi connectivity index (χ4v) is 1.61. The number of rotatable bonds is 5. The van der Waals surface area contributed by atoms with Crippen molar-refractivity contribution in [2.45, 2.75) is 0 Å². The predicted molar refractivity (Wildman–Crippen MR) is 76.2 cm³/mol. The Morgan fingerprint density at radius 2 is 1.95 bits per heavy atom. The van der Waals surface area contributed by atoms with Gasteiger partial charge < -0.3 is 9.47 Å². The van der Waals surface area contributed by atoms with Crippen LogP contribution in [0.15, 0.2) is 42.6 Å². The summed E-state index contributed by atoms with van der Waals surface area (Å²) in [4.78, 5) is 15.5. The van der Waals surface area contributed by atoms with Gasteiger partial charge in [-0.25, -0.2) is 9.78 Å². The summed E-state index contributed by atoms with van der Waals surface area (Å²) >= 11 is 5.63. The van der Waals surface area contributed by atoms with E-state index in [1.165, 1.54) is 12.3 Å². The lowest BCUT2D eigenvalue weighted by atomic mass is 10.2. The van der Waals surface area contributed by atoms with Gasteiger partial charge in [0.25, 0.3) is 0 Å². The van der Waals surface area contributed by atoms with E-state index in [9.17, 15) is 4.79 Å². The first-order valence-corrected chi connectivity index (χ1v) is 6.48. The molecule has 0 saturated heterocycles. The minimum atomic E-state index is -0.484. The van der Waals surface area contributed by atoms with Gasteiger partial charge in [0.1, 0.15) is 24.1 Å². The molecule has 0 atom stereocenters. The highest BCUT2D eigenvalue weighted by molar-refractivity contribution is 6.29. The Balaban J connectivity index is 1.75. The third-order valence-corrected chi connectivity index (χ3v) is 2.76. The highest BCUT2D eigenvalue weighted by Crippen LogP contribution is 2.11. The molecule has 0 amide bonds. The van der Waals surface area contributed by atoms with Crippen LogP contribution in [-0.2, 0) is 4.74 Å². The number of benzene rings is 1. The first kappa shape index (κ1) is 14.8. The number of nitriles is 1. The number of hydrogen-bond donors (Lipinski definition) is 0. The lowest BCUT2D eigenvalue weighted by Gasteiger charge is -2.07. The van der Waals surface area contributed by atoms with Crippen molar-refractivity contribution in [3.8, 4) is 11.8 Å². The van der Waals surface area contributed by atoms with E-state index in [4.69, 9.17) is 26.3 Å². The minimum absolute atomic E-state index is 0.113. The number of esters is 1. The molecule has 5 nitrogen and oxygen atoms in total. The van der Waals surface area contributed by atoms with Gasteiger partial charge in [-0.2, -0.15) is 5.26 Å². The summed E-state index contributed by atoms with van der Waals surface area (Å²) in [5.41, 5.74) is 0.891. The summed E-state index contributed by atoms with van der Waals surface area (Å²) in [7, 11) is 0. The Labute approximate surface area is 126 Å². The summed E-state index contributed by atoms with van der Waals surface area (Å²) in [6, 6.07) is 11.8. The van der Waals surface area contributed by atoms with Gasteiger partial charge in [-0.05, 0) is 36.4 Å². The normalized spacial score (nSPS) is 9.71. The molecule has 0 unspecified atom stereocenters. The van der Waals surface area contributed by atoms with Gasteiger partial charge in [-0.15, -0.1) is 0 Å². The highest BCUT2D eigenvalue weighted by atomic mass is 35.5. The molecule has 0 spiro atoms. The molecule has 6 heteroatoms. The van der Waals surface area contributed by atoms with E-state index in [0.717, 1.165) is 0 Å². The lowest BCUT2D eigenvalue weighted by molar-refractivity contribution is 0.0450. The van der Waals surface area contributed by atoms with E-state index >= 15 is 0 Å². The number of nitrogens with zero attached hydrogens (tertiary/aromatic N) is 2. The molecule has 1 aromatic carbocycles. The van der Waals surface area contributed by atoms with E-state index < -0.39 is 5.97 Å². The maximum atomic E-state index is 11.7. The van der Waals surface area contributed by atoms with Gasteiger partial charge >= 0.3 is 5.97 Å². The summed E-state index contributed by atoms with van der Waals surface area (Å²) in [5, 5.41) is 8.98. The van der Waals surface area contributed by atoms with Crippen molar-refractivity contribution in [3.63, 3.8) is 0 Å². The van der Waals surface area contributed by atoms with Crippen LogP contribution in [0.1, 0.15) is 15.9 Å². The molecule has 2 rings (SSSR count). The van der Waals surface area contributed by atoms with Crippen molar-refractivity contribution in [1.29, 1.82) is 5.26 Å². The zero-order valence-corrected chi connectivity index (χ0v) is 11.7. The largest absolute Gasteiger partial charge is 0.490 e. The van der Waals surface area contributed by atoms with Gasteiger partial charge in [0, 0.05) is 6.20 Å². The molecule has 0 bridgehead atoms. The van der Waals surface area contributed by atoms with Crippen LogP contribution >= 0.6 is 11.6 Å². The fraction of sp³-hybridized carbons (Fsp3) is 0.133. The third kappa shape index (κ3) is 4.48. The molecule has 2 aromatic rings. The summed E-state index contributed by atoms with van der Waals surface area (Å²) in [6.45, 7) is 0.333. The topological polar surface area (TPSA) is 72.2 Å². The number of pyridine rings is 1. The van der Waals surface area contributed by atoms with Gasteiger partial charge in [0.2, 0.25) is 0 Å². The first-order valence-electron chi connectivity index (χ1n) is 6.10. The highest BCUT2D eigenvalue weighted by Gasteiger charge is 2.07. The molecule has 0 radical (unpaired) electrons. The lowest BCUT2D eigenvalue weighted by Crippen LogP contribution is -2.12. The minimum Gasteiger partial charge on any atom is -0.490 e. The van der Waals surface area contributed by atoms with E-state index in [0.29, 0.717) is 22.0 Å². The fourth-order valence-electron chi connectivity index (χ4n) is 1.50. The number of hydrogen-bond acceptors (Lipinski definition) is 5. The van der Waals surface area contributed by atoms with Crippen LogP contribution < -0.4 is 4.74 Å². The Morgan fingerprint density at radius 3 is 2.57 bits per heavy atom. The van der Waals surface area contributed by atoms with Crippen LogP contribution in [0.25, 0.3) is 0 Å². The molecular formula is C15H11ClN2O3. The van der Waals surface area contributed by atoms with Crippen LogP contribution in [0.4, 0.5) is 0 Å². The molecule has 21 heavy (non-hydrogen) atoms. The summed E-state index contributed by atoms with van der Waals surface area (Å²) in [6.07, 6.45) is 1.35. The number of ether oxygens (including phenoxy) is 2. The molecular weight excluding hydrogens is 292 g/mol. The zero-order chi connectivity index (χ0) is 15.1. The van der Waals surface area contributed by atoms with Crippen LogP contribution in [0, 0.1) is 11.3 Å². The molecule has 0 fully saturated rings. The third-order valence-electron chi connectivity index (χ3n) is 2.53. The van der Waals surface area contributed by atoms with Crippen molar-refractivity contribution in [2.24, 2.45) is 0 Å². The standard InChI is InChI=1S/C15H11ClN2O3/c16-14-6-3-12(10-18-14)15(19)21-8-7-20-13-4-1-11(9-17)2-5-13/h1-6,10H,7-8H2. The van der Waals surface area contributed by atoms with Gasteiger partial charge in [0.05, 0.1) is 17.2 Å². The van der Waals surface area contributed by atoms with Crippen molar-refractivity contribution in [1.82, 2.24) is 4.98 Å². The van der Waals surface area contributed by atoms with Crippen molar-refractivity contribution >= 4 is 17.6 Å². The van der Waals surface area contributed by atoms with Crippen molar-refractivity contribution in [3.05, 3.63) is 58.9 Å². The number of halogens is 1. The average molecular weight is 303 g/mol. The van der Waals surface area contributed by atoms with E-state index in [1.807, 2.05) is 6.07 Å². The smallest absolute Gasteiger partial charge is 0.339 e. The molecule has 0 aliphatic rings. The summed E-state index contributed by atoms with van der Waals surface area (Å²) < 4.78 is 10.4. The molecule has 0 aliphatic heterocycles. The molecule has 0 aliphatic carbocycles. The van der Waals surface area contributed by atoms with Crippen LogP contribution in [-0.4, -0.2) is 24.2 Å². The number of carbonyl (C=O) groups excluding carboxylic acids is 1. The maximum Gasteiger partial charge on any atom is 0.339 e. The van der Waals surface area contributed by atoms with Crippen LogP contribution in [0.2, 0.25) is 5.15 Å². The monoisotopic (exact) mass is 302 g/mol. The van der Waals surface area contributed by atoms with E-state index in [2.05, 4.69) is 4.98 Å². The molecule has 106 valence electrons. The van der Waals surface area contributed by atoms with Gasteiger partial charge in [0.15, 0.2) is 0 Å². The molecule has 0 N–H and O–H groups in total. The molecule has 1 aromatic heterocycles. The van der Waals surface area contributed by atoms with E-state index in [-0.39, 0.29) is 13.2 Å². The first-order chi connectivity index (χ1) is 10.2. The Bertz CT molecular complexity index is 648. The Hall–Kier alpha value is -2.58. The van der Waals surface area contributed by atoms with Crippen molar-refractivity contribution in [2.75, 3.05) is 13.2 Å².